The number of hydrogen-bond donors (Lipinski definition) is 2. The Labute approximate surface area is 102 Å². The summed E-state index contributed by atoms with van der Waals surface area (Å²) in [6, 6.07) is 4.22. The maximum Gasteiger partial charge on any atom is 0.371 e. The second-order valence-corrected chi connectivity index (χ2v) is 3.72. The fourth-order valence-electron chi connectivity index (χ4n) is 1.37. The molecule has 2 heterocycles. The van der Waals surface area contributed by atoms with Gasteiger partial charge in [-0.3, -0.25) is 9.48 Å². The van der Waals surface area contributed by atoms with Crippen LogP contribution >= 0.6 is 0 Å². The SMILES string of the molecule is Cc1cc(NC(=O)c2ccc(C(=O)O)o2)nn1C. The van der Waals surface area contributed by atoms with Crippen LogP contribution in [0, 0.1) is 6.92 Å². The normalized spacial score (nSPS) is 10.3. The number of nitrogens with zero attached hydrogens (tertiary/aromatic N) is 2. The van der Waals surface area contributed by atoms with Crippen LogP contribution in [0.4, 0.5) is 5.82 Å². The highest BCUT2D eigenvalue weighted by Gasteiger charge is 2.15. The molecule has 2 aromatic heterocycles. The number of nitrogens with one attached hydrogen (secondary N) is 1. The van der Waals surface area contributed by atoms with Gasteiger partial charge in [-0.15, -0.1) is 0 Å². The number of anilines is 1. The van der Waals surface area contributed by atoms with Crippen LogP contribution < -0.4 is 5.32 Å². The molecule has 0 aliphatic heterocycles. The molecular weight excluding hydrogens is 238 g/mol. The summed E-state index contributed by atoms with van der Waals surface area (Å²) in [4.78, 5) is 22.3. The molecule has 0 radical (unpaired) electrons. The summed E-state index contributed by atoms with van der Waals surface area (Å²) in [5.41, 5.74) is 0.885. The lowest BCUT2D eigenvalue weighted by Gasteiger charge is -1.97. The summed E-state index contributed by atoms with van der Waals surface area (Å²) in [5, 5.41) is 15.2. The molecule has 2 N–H and O–H groups in total. The molecule has 0 spiro atoms. The first-order valence-electron chi connectivity index (χ1n) is 5.12. The van der Waals surface area contributed by atoms with E-state index in [-0.39, 0.29) is 11.5 Å². The minimum absolute atomic E-state index is 0.0734. The van der Waals surface area contributed by atoms with Gasteiger partial charge in [0.1, 0.15) is 0 Å². The highest BCUT2D eigenvalue weighted by molar-refractivity contribution is 6.02. The van der Waals surface area contributed by atoms with Gasteiger partial charge in [0, 0.05) is 18.8 Å². The first-order valence-corrected chi connectivity index (χ1v) is 5.12. The van der Waals surface area contributed by atoms with Crippen molar-refractivity contribution in [3.8, 4) is 0 Å². The molecular formula is C11H11N3O4. The molecule has 7 nitrogen and oxygen atoms in total. The third-order valence-corrected chi connectivity index (χ3v) is 2.40. The van der Waals surface area contributed by atoms with E-state index in [1.807, 2.05) is 6.92 Å². The van der Waals surface area contributed by atoms with E-state index in [4.69, 9.17) is 9.52 Å². The van der Waals surface area contributed by atoms with Crippen LogP contribution in [0.2, 0.25) is 0 Å². The van der Waals surface area contributed by atoms with Crippen molar-refractivity contribution in [2.75, 3.05) is 5.32 Å². The first-order chi connectivity index (χ1) is 8.47. The van der Waals surface area contributed by atoms with Crippen LogP contribution in [0.25, 0.3) is 0 Å². The van der Waals surface area contributed by atoms with Crippen molar-refractivity contribution < 1.29 is 19.1 Å². The molecule has 18 heavy (non-hydrogen) atoms. The number of amides is 1. The van der Waals surface area contributed by atoms with E-state index in [9.17, 15) is 9.59 Å². The number of aryl methyl sites for hydroxylation is 2. The lowest BCUT2D eigenvalue weighted by Crippen LogP contribution is -2.11. The zero-order chi connectivity index (χ0) is 13.3. The largest absolute Gasteiger partial charge is 0.475 e. The van der Waals surface area contributed by atoms with E-state index in [0.29, 0.717) is 5.82 Å². The van der Waals surface area contributed by atoms with Crippen molar-refractivity contribution in [1.82, 2.24) is 9.78 Å². The predicted octanol–water partition coefficient (Wildman–Crippen LogP) is 1.27. The van der Waals surface area contributed by atoms with Crippen LogP contribution in [0.1, 0.15) is 26.8 Å². The minimum Gasteiger partial charge on any atom is -0.475 e. The Hall–Kier alpha value is -2.57. The highest BCUT2D eigenvalue weighted by Crippen LogP contribution is 2.12. The van der Waals surface area contributed by atoms with E-state index in [2.05, 4.69) is 10.4 Å². The number of hydrogen-bond acceptors (Lipinski definition) is 4. The van der Waals surface area contributed by atoms with Crippen LogP contribution in [-0.4, -0.2) is 26.8 Å². The summed E-state index contributed by atoms with van der Waals surface area (Å²) in [6.45, 7) is 1.85. The van der Waals surface area contributed by atoms with Crippen LogP contribution in [0.5, 0.6) is 0 Å². The molecule has 1 amide bonds. The van der Waals surface area contributed by atoms with Gasteiger partial charge in [-0.2, -0.15) is 5.10 Å². The van der Waals surface area contributed by atoms with Gasteiger partial charge in [0.2, 0.25) is 5.76 Å². The summed E-state index contributed by atoms with van der Waals surface area (Å²) in [6.07, 6.45) is 0. The Morgan fingerprint density at radius 1 is 1.39 bits per heavy atom. The Morgan fingerprint density at radius 3 is 2.56 bits per heavy atom. The number of rotatable bonds is 3. The number of carbonyl (C=O) groups excluding carboxylic acids is 1. The topological polar surface area (TPSA) is 97.4 Å². The van der Waals surface area contributed by atoms with Gasteiger partial charge < -0.3 is 14.8 Å². The lowest BCUT2D eigenvalue weighted by molar-refractivity contribution is 0.0660. The summed E-state index contributed by atoms with van der Waals surface area (Å²) >= 11 is 0. The molecule has 0 aliphatic carbocycles. The zero-order valence-corrected chi connectivity index (χ0v) is 9.80. The van der Waals surface area contributed by atoms with E-state index >= 15 is 0 Å². The lowest BCUT2D eigenvalue weighted by atomic mass is 10.4. The summed E-state index contributed by atoms with van der Waals surface area (Å²) in [5.74, 6) is -1.73. The van der Waals surface area contributed by atoms with Gasteiger partial charge >= 0.3 is 5.97 Å². The summed E-state index contributed by atoms with van der Waals surface area (Å²) < 4.78 is 6.48. The number of carbonyl (C=O) groups is 2. The predicted molar refractivity (Wildman–Crippen MR) is 61.6 cm³/mol. The van der Waals surface area contributed by atoms with Crippen molar-refractivity contribution in [2.45, 2.75) is 6.92 Å². The van der Waals surface area contributed by atoms with Crippen LogP contribution in [-0.2, 0) is 7.05 Å². The Kier molecular flexibility index (Phi) is 2.88. The molecule has 0 aliphatic rings. The van der Waals surface area contributed by atoms with Crippen molar-refractivity contribution in [3.63, 3.8) is 0 Å². The molecule has 0 atom stereocenters. The molecule has 0 saturated heterocycles. The average Bonchev–Trinajstić information content (AvgIpc) is 2.87. The molecule has 2 aromatic rings. The summed E-state index contributed by atoms with van der Waals surface area (Å²) in [7, 11) is 1.75. The fraction of sp³-hybridized carbons (Fsp3) is 0.182. The Balaban J connectivity index is 2.14. The molecule has 2 rings (SSSR count). The number of aromatic carboxylic acids is 1. The smallest absolute Gasteiger partial charge is 0.371 e. The Morgan fingerprint density at radius 2 is 2.06 bits per heavy atom. The van der Waals surface area contributed by atoms with E-state index in [1.165, 1.54) is 12.1 Å². The van der Waals surface area contributed by atoms with Crippen molar-refractivity contribution in [2.24, 2.45) is 7.05 Å². The van der Waals surface area contributed by atoms with E-state index in [0.717, 1.165) is 5.69 Å². The van der Waals surface area contributed by atoms with Gasteiger partial charge in [-0.1, -0.05) is 0 Å². The first kappa shape index (κ1) is 11.9. The number of carboxylic acid groups (broad SMARTS) is 1. The second-order valence-electron chi connectivity index (χ2n) is 3.72. The monoisotopic (exact) mass is 249 g/mol. The minimum atomic E-state index is -1.22. The van der Waals surface area contributed by atoms with Gasteiger partial charge in [0.25, 0.3) is 5.91 Å². The highest BCUT2D eigenvalue weighted by atomic mass is 16.4. The maximum atomic E-state index is 11.7. The Bertz CT molecular complexity index is 592. The van der Waals surface area contributed by atoms with Crippen molar-refractivity contribution in [1.29, 1.82) is 0 Å². The van der Waals surface area contributed by atoms with Crippen LogP contribution in [0.3, 0.4) is 0 Å². The van der Waals surface area contributed by atoms with Gasteiger partial charge in [0.05, 0.1) is 0 Å². The van der Waals surface area contributed by atoms with E-state index < -0.39 is 11.9 Å². The maximum absolute atomic E-state index is 11.7. The third kappa shape index (κ3) is 2.24. The van der Waals surface area contributed by atoms with Gasteiger partial charge in [0.15, 0.2) is 11.6 Å². The van der Waals surface area contributed by atoms with Crippen LogP contribution in [0.15, 0.2) is 22.6 Å². The molecule has 0 saturated carbocycles. The number of aromatic nitrogens is 2. The number of furan rings is 1. The van der Waals surface area contributed by atoms with Gasteiger partial charge in [-0.25, -0.2) is 4.79 Å². The molecule has 0 unspecified atom stereocenters. The molecule has 7 heteroatoms. The number of carboxylic acids is 1. The zero-order valence-electron chi connectivity index (χ0n) is 9.80. The average molecular weight is 249 g/mol. The second kappa shape index (κ2) is 4.36. The molecule has 0 bridgehead atoms. The standard InChI is InChI=1S/C11H11N3O4/c1-6-5-9(13-14(6)2)12-10(15)7-3-4-8(18-7)11(16)17/h3-5H,1-2H3,(H,16,17)(H,12,13,15). The van der Waals surface area contributed by atoms with Crippen molar-refractivity contribution >= 4 is 17.7 Å². The van der Waals surface area contributed by atoms with E-state index in [1.54, 1.807) is 17.8 Å². The van der Waals surface area contributed by atoms with Crippen molar-refractivity contribution in [3.05, 3.63) is 35.4 Å². The fourth-order valence-corrected chi connectivity index (χ4v) is 1.37. The quantitative estimate of drug-likeness (QED) is 0.853. The molecule has 94 valence electrons. The third-order valence-electron chi connectivity index (χ3n) is 2.40. The molecule has 0 aromatic carbocycles. The molecule has 0 fully saturated rings. The van der Waals surface area contributed by atoms with Gasteiger partial charge in [-0.05, 0) is 19.1 Å².